The first-order valence-corrected chi connectivity index (χ1v) is 17.3. The van der Waals surface area contributed by atoms with Crippen LogP contribution >= 0.6 is 0 Å². The van der Waals surface area contributed by atoms with Crippen molar-refractivity contribution in [3.05, 3.63) is 65.0 Å². The van der Waals surface area contributed by atoms with Gasteiger partial charge in [-0.15, -0.1) is 0 Å². The highest BCUT2D eigenvalue weighted by molar-refractivity contribution is 6.46. The van der Waals surface area contributed by atoms with Crippen LogP contribution in [0.25, 0.3) is 0 Å². The fraction of sp³-hybridized carbons (Fsp3) is 0.500. The molecule has 4 rings (SSSR count). The molecule has 0 bridgehead atoms. The Morgan fingerprint density at radius 1 is 1.02 bits per heavy atom. The predicted molar refractivity (Wildman–Crippen MR) is 174 cm³/mol. The summed E-state index contributed by atoms with van der Waals surface area (Å²) in [7, 11) is 1.28. The molecule has 2 aliphatic rings. The molecular formula is C34H41F3N6O4Si. The monoisotopic (exact) mass is 682 g/mol. The number of carbonyl (C=O) groups excluding carboxylic acids is 4. The summed E-state index contributed by atoms with van der Waals surface area (Å²) >= 11 is 0. The molecule has 1 saturated heterocycles. The van der Waals surface area contributed by atoms with E-state index in [9.17, 15) is 28.0 Å². The van der Waals surface area contributed by atoms with Crippen LogP contribution < -0.4 is 15.6 Å². The maximum atomic E-state index is 15.4. The number of alkyl halides is 2. The molecule has 3 N–H and O–H groups in total. The first kappa shape index (κ1) is 36.6. The Labute approximate surface area is 281 Å². The van der Waals surface area contributed by atoms with Crippen molar-refractivity contribution in [2.24, 2.45) is 5.92 Å². The second-order valence-corrected chi connectivity index (χ2v) is 13.5. The van der Waals surface area contributed by atoms with Crippen molar-refractivity contribution in [3.63, 3.8) is 0 Å². The van der Waals surface area contributed by atoms with E-state index < -0.39 is 50.4 Å². The number of nitrogens with one attached hydrogen (secondary N) is 3. The largest absolute Gasteiger partial charge is 0.376 e. The topological polar surface area (TPSA) is 135 Å². The molecule has 0 spiro atoms. The maximum absolute atomic E-state index is 15.4. The van der Waals surface area contributed by atoms with Gasteiger partial charge >= 0.3 is 5.92 Å². The van der Waals surface area contributed by atoms with Crippen LogP contribution in [0.15, 0.2) is 42.5 Å². The lowest BCUT2D eigenvalue weighted by Gasteiger charge is -2.34. The molecule has 14 heteroatoms. The molecular weight excluding hydrogens is 641 g/mol. The van der Waals surface area contributed by atoms with Gasteiger partial charge in [-0.25, -0.2) is 4.39 Å². The van der Waals surface area contributed by atoms with Gasteiger partial charge in [0, 0.05) is 44.6 Å². The summed E-state index contributed by atoms with van der Waals surface area (Å²) in [5.41, 5.74) is -0.944. The minimum Gasteiger partial charge on any atom is -0.376 e. The van der Waals surface area contributed by atoms with Crippen LogP contribution in [0.5, 0.6) is 0 Å². The number of nitrogens with zero attached hydrogens (tertiary/aromatic N) is 3. The molecule has 1 heterocycles. The highest BCUT2D eigenvalue weighted by atomic mass is 28.2. The Morgan fingerprint density at radius 2 is 1.69 bits per heavy atom. The maximum Gasteiger partial charge on any atom is 0.348 e. The molecule has 2 aromatic rings. The van der Waals surface area contributed by atoms with Crippen LogP contribution in [0, 0.1) is 23.1 Å². The molecule has 4 amide bonds. The van der Waals surface area contributed by atoms with E-state index in [1.165, 1.54) is 24.3 Å². The summed E-state index contributed by atoms with van der Waals surface area (Å²) in [6.07, 6.45) is 4.24. The number of piperazine rings is 1. The number of halogens is 3. The van der Waals surface area contributed by atoms with Crippen molar-refractivity contribution in [1.29, 1.82) is 5.26 Å². The minimum absolute atomic E-state index is 0.0492. The molecule has 10 nitrogen and oxygen atoms in total. The molecule has 1 aliphatic carbocycles. The van der Waals surface area contributed by atoms with Gasteiger partial charge < -0.3 is 25.4 Å². The van der Waals surface area contributed by atoms with E-state index >= 15 is 4.39 Å². The molecule has 256 valence electrons. The van der Waals surface area contributed by atoms with E-state index in [4.69, 9.17) is 5.26 Å². The quantitative estimate of drug-likeness (QED) is 0.292. The lowest BCUT2D eigenvalue weighted by atomic mass is 9.86. The Morgan fingerprint density at radius 3 is 2.29 bits per heavy atom. The standard InChI is InChI=1S/C34H41F3N6O4Si/c1-3-29(44)39-28(32(46)43-17-15-42(2)16-18-43)20-23-11-14-27(26(35)19-23)40-31(45)30(24-7-5-4-6-8-24)48-41-33(47)34(36,37)25-12-9-22(21-38)10-13-25/h9-14,19,24,28,30H,3-8,15-18,20H2,1-2H3,(H,39,44)(H,40,45)(H,41,47)/t28-,30+/m1/s1. The first-order valence-electron chi connectivity index (χ1n) is 16.2. The van der Waals surface area contributed by atoms with E-state index in [-0.39, 0.29) is 41.8 Å². The van der Waals surface area contributed by atoms with Gasteiger partial charge in [0.25, 0.3) is 5.91 Å². The fourth-order valence-corrected chi connectivity index (χ4v) is 7.16. The van der Waals surface area contributed by atoms with Crippen molar-refractivity contribution < 1.29 is 32.3 Å². The second-order valence-electron chi connectivity index (χ2n) is 12.3. The summed E-state index contributed by atoms with van der Waals surface area (Å²) in [4.78, 5) is 57.8. The van der Waals surface area contributed by atoms with E-state index in [0.717, 1.165) is 31.4 Å². The Hall–Kier alpha value is -4.22. The second kappa shape index (κ2) is 16.7. The number of likely N-dealkylation sites (N-methyl/N-ethyl adjacent to an activating group) is 1. The SMILES string of the molecule is CCC(=O)N[C@H](Cc1ccc(NC(=O)[C@@H]([Si]NC(=O)C(F)(F)c2ccc(C#N)cc2)C2CCCCC2)c(F)c1)C(=O)N1CCN(C)CC1. The van der Waals surface area contributed by atoms with Crippen LogP contribution in [-0.2, 0) is 31.5 Å². The highest BCUT2D eigenvalue weighted by Crippen LogP contribution is 2.35. The summed E-state index contributed by atoms with van der Waals surface area (Å²) in [5.74, 6) is -7.54. The normalized spacial score (nSPS) is 17.1. The summed E-state index contributed by atoms with van der Waals surface area (Å²) in [6, 6.07) is 9.53. The molecule has 2 atom stereocenters. The summed E-state index contributed by atoms with van der Waals surface area (Å²) < 4.78 is 45.4. The number of amides is 4. The number of hydrogen-bond acceptors (Lipinski definition) is 6. The molecule has 2 aromatic carbocycles. The third kappa shape index (κ3) is 9.44. The number of benzene rings is 2. The van der Waals surface area contributed by atoms with Crippen LogP contribution in [0.2, 0.25) is 5.54 Å². The van der Waals surface area contributed by atoms with Crippen LogP contribution in [-0.4, -0.2) is 82.4 Å². The van der Waals surface area contributed by atoms with Crippen molar-refractivity contribution in [2.45, 2.75) is 69.4 Å². The van der Waals surface area contributed by atoms with Crippen molar-refractivity contribution in [1.82, 2.24) is 20.1 Å². The summed E-state index contributed by atoms with van der Waals surface area (Å²) in [6.45, 7) is 4.12. The number of rotatable bonds is 12. The van der Waals surface area contributed by atoms with Gasteiger partial charge in [-0.2, -0.15) is 14.0 Å². The zero-order valence-electron chi connectivity index (χ0n) is 27.2. The van der Waals surface area contributed by atoms with Gasteiger partial charge in [0.15, 0.2) is 9.68 Å². The van der Waals surface area contributed by atoms with Crippen molar-refractivity contribution >= 4 is 39.0 Å². The number of carbonyl (C=O) groups is 4. The highest BCUT2D eigenvalue weighted by Gasteiger charge is 2.42. The summed E-state index contributed by atoms with van der Waals surface area (Å²) in [5, 5.41) is 14.3. The van der Waals surface area contributed by atoms with E-state index in [0.29, 0.717) is 44.6 Å². The molecule has 1 saturated carbocycles. The lowest BCUT2D eigenvalue weighted by molar-refractivity contribution is -0.145. The van der Waals surface area contributed by atoms with Gasteiger partial charge in [-0.05, 0) is 55.6 Å². The number of anilines is 1. The van der Waals surface area contributed by atoms with Gasteiger partial charge in [0.2, 0.25) is 17.7 Å². The van der Waals surface area contributed by atoms with Gasteiger partial charge in [0.1, 0.15) is 11.9 Å². The molecule has 0 unspecified atom stereocenters. The van der Waals surface area contributed by atoms with Crippen LogP contribution in [0.3, 0.4) is 0 Å². The van der Waals surface area contributed by atoms with Crippen molar-refractivity contribution in [2.75, 3.05) is 38.5 Å². The van der Waals surface area contributed by atoms with Gasteiger partial charge in [0.05, 0.1) is 22.9 Å². The predicted octanol–water partition coefficient (Wildman–Crippen LogP) is 3.74. The van der Waals surface area contributed by atoms with E-state index in [1.54, 1.807) is 17.9 Å². The zero-order chi connectivity index (χ0) is 34.8. The number of nitriles is 1. The lowest BCUT2D eigenvalue weighted by Crippen LogP contribution is -2.54. The average Bonchev–Trinajstić information content (AvgIpc) is 3.09. The Bertz CT molecular complexity index is 1510. The van der Waals surface area contributed by atoms with Gasteiger partial charge in [-0.3, -0.25) is 19.2 Å². The molecule has 1 aliphatic heterocycles. The van der Waals surface area contributed by atoms with E-state index in [2.05, 4.69) is 20.5 Å². The Kier molecular flexibility index (Phi) is 12.8. The molecule has 2 radical (unpaired) electrons. The third-order valence-electron chi connectivity index (χ3n) is 8.91. The van der Waals surface area contributed by atoms with Gasteiger partial charge in [-0.1, -0.05) is 44.4 Å². The fourth-order valence-electron chi connectivity index (χ4n) is 5.95. The van der Waals surface area contributed by atoms with Crippen LogP contribution in [0.4, 0.5) is 18.9 Å². The first-order chi connectivity index (χ1) is 22.9. The molecule has 0 aromatic heterocycles. The molecule has 48 heavy (non-hydrogen) atoms. The number of hydrogen-bond donors (Lipinski definition) is 3. The smallest absolute Gasteiger partial charge is 0.348 e. The minimum atomic E-state index is -3.89. The molecule has 2 fully saturated rings. The Balaban J connectivity index is 1.45. The average molecular weight is 683 g/mol. The van der Waals surface area contributed by atoms with Crippen LogP contribution in [0.1, 0.15) is 62.1 Å². The third-order valence-corrected chi connectivity index (χ3v) is 10.3. The van der Waals surface area contributed by atoms with E-state index in [1.807, 2.05) is 13.1 Å². The zero-order valence-corrected chi connectivity index (χ0v) is 28.2. The van der Waals surface area contributed by atoms with Crippen molar-refractivity contribution in [3.8, 4) is 6.07 Å².